The summed E-state index contributed by atoms with van der Waals surface area (Å²) in [6.45, 7) is 3.79. The minimum absolute atomic E-state index is 0.0138. The van der Waals surface area contributed by atoms with Gasteiger partial charge in [0.2, 0.25) is 0 Å². The average Bonchev–Trinajstić information content (AvgIpc) is 2.06. The van der Waals surface area contributed by atoms with Gasteiger partial charge in [0.05, 0.1) is 0 Å². The molecular weight excluding hydrogens is 150 g/mol. The fourth-order valence-electron chi connectivity index (χ4n) is 1.04. The highest BCUT2D eigenvalue weighted by Gasteiger charge is 2.27. The van der Waals surface area contributed by atoms with E-state index in [1.807, 2.05) is 44.2 Å². The molecule has 1 rings (SSSR count). The molecule has 0 spiro atoms. The summed E-state index contributed by atoms with van der Waals surface area (Å²) >= 11 is 0. The van der Waals surface area contributed by atoms with Crippen LogP contribution in [0.15, 0.2) is 30.3 Å². The Morgan fingerprint density at radius 2 is 1.75 bits per heavy atom. The highest BCUT2D eigenvalue weighted by molar-refractivity contribution is 5.21. The molecule has 0 unspecified atom stereocenters. The molecule has 0 aliphatic carbocycles. The quantitative estimate of drug-likeness (QED) is 0.651. The summed E-state index contributed by atoms with van der Waals surface area (Å²) in [5.74, 6) is 0.0138. The highest BCUT2D eigenvalue weighted by atomic mass is 16.3. The SMILES string of the molecule is CC(C)[C@@](N)(O)c1ccccc1. The van der Waals surface area contributed by atoms with Gasteiger partial charge in [-0.25, -0.2) is 0 Å². The van der Waals surface area contributed by atoms with E-state index in [2.05, 4.69) is 0 Å². The first-order valence-corrected chi connectivity index (χ1v) is 4.12. The normalized spacial score (nSPS) is 16.1. The molecule has 0 saturated heterocycles. The fourth-order valence-corrected chi connectivity index (χ4v) is 1.04. The molecule has 0 aliphatic heterocycles. The number of hydrogen-bond acceptors (Lipinski definition) is 2. The summed E-state index contributed by atoms with van der Waals surface area (Å²) in [5, 5.41) is 9.84. The summed E-state index contributed by atoms with van der Waals surface area (Å²) in [7, 11) is 0. The second-order valence-electron chi connectivity index (χ2n) is 3.35. The van der Waals surface area contributed by atoms with Crippen molar-refractivity contribution in [1.29, 1.82) is 0 Å². The van der Waals surface area contributed by atoms with Gasteiger partial charge in [-0.1, -0.05) is 44.2 Å². The third-order valence-corrected chi connectivity index (χ3v) is 2.12. The van der Waals surface area contributed by atoms with Crippen LogP contribution in [0.25, 0.3) is 0 Å². The maximum Gasteiger partial charge on any atom is 0.141 e. The zero-order valence-electron chi connectivity index (χ0n) is 7.49. The second kappa shape index (κ2) is 3.25. The molecule has 3 N–H and O–H groups in total. The number of aliphatic hydroxyl groups is 1. The standard InChI is InChI=1S/C10H15NO/c1-8(2)10(11,12)9-6-4-3-5-7-9/h3-8,12H,11H2,1-2H3/t10-/m1/s1. The van der Waals surface area contributed by atoms with Crippen LogP contribution >= 0.6 is 0 Å². The summed E-state index contributed by atoms with van der Waals surface area (Å²) in [6.07, 6.45) is 0. The molecule has 0 heterocycles. The molecule has 0 fully saturated rings. The first-order chi connectivity index (χ1) is 5.55. The minimum atomic E-state index is -1.21. The highest BCUT2D eigenvalue weighted by Crippen LogP contribution is 2.22. The van der Waals surface area contributed by atoms with Crippen LogP contribution in [0.2, 0.25) is 0 Å². The lowest BCUT2D eigenvalue weighted by atomic mass is 9.93. The average molecular weight is 165 g/mol. The van der Waals surface area contributed by atoms with Gasteiger partial charge in [-0.2, -0.15) is 0 Å². The first kappa shape index (κ1) is 9.23. The number of nitrogens with two attached hydrogens (primary N) is 1. The van der Waals surface area contributed by atoms with Crippen molar-refractivity contribution in [2.75, 3.05) is 0 Å². The first-order valence-electron chi connectivity index (χ1n) is 4.12. The van der Waals surface area contributed by atoms with Crippen molar-refractivity contribution in [2.45, 2.75) is 19.6 Å². The molecule has 0 saturated carbocycles. The monoisotopic (exact) mass is 165 g/mol. The van der Waals surface area contributed by atoms with Crippen LogP contribution in [0, 0.1) is 5.92 Å². The van der Waals surface area contributed by atoms with Crippen LogP contribution < -0.4 is 5.73 Å². The predicted octanol–water partition coefficient (Wildman–Crippen LogP) is 1.45. The van der Waals surface area contributed by atoms with Gasteiger partial charge in [0.15, 0.2) is 0 Å². The van der Waals surface area contributed by atoms with E-state index in [4.69, 9.17) is 5.73 Å². The van der Waals surface area contributed by atoms with E-state index in [1.54, 1.807) is 0 Å². The van der Waals surface area contributed by atoms with Gasteiger partial charge < -0.3 is 5.11 Å². The Morgan fingerprint density at radius 1 is 1.25 bits per heavy atom. The van der Waals surface area contributed by atoms with E-state index in [1.165, 1.54) is 0 Å². The van der Waals surface area contributed by atoms with E-state index in [9.17, 15) is 5.11 Å². The van der Waals surface area contributed by atoms with Gasteiger partial charge in [-0.3, -0.25) is 5.73 Å². The van der Waals surface area contributed by atoms with Crippen molar-refractivity contribution in [3.05, 3.63) is 35.9 Å². The minimum Gasteiger partial charge on any atom is -0.372 e. The lowest BCUT2D eigenvalue weighted by Gasteiger charge is -2.27. The van der Waals surface area contributed by atoms with Gasteiger partial charge in [0, 0.05) is 0 Å². The molecule has 1 aromatic carbocycles. The van der Waals surface area contributed by atoms with Crippen molar-refractivity contribution < 1.29 is 5.11 Å². The van der Waals surface area contributed by atoms with Gasteiger partial charge in [-0.05, 0) is 11.5 Å². The molecule has 0 aliphatic rings. The molecule has 66 valence electrons. The Balaban J connectivity index is 2.98. The van der Waals surface area contributed by atoms with Crippen molar-refractivity contribution >= 4 is 0 Å². The molecule has 0 aromatic heterocycles. The molecule has 0 bridgehead atoms. The molecule has 1 aromatic rings. The van der Waals surface area contributed by atoms with E-state index >= 15 is 0 Å². The number of benzene rings is 1. The third-order valence-electron chi connectivity index (χ3n) is 2.12. The Bertz CT molecular complexity index is 241. The summed E-state index contributed by atoms with van der Waals surface area (Å²) in [5.41, 5.74) is 5.29. The maximum absolute atomic E-state index is 9.84. The van der Waals surface area contributed by atoms with Crippen LogP contribution in [-0.4, -0.2) is 5.11 Å². The van der Waals surface area contributed by atoms with Crippen LogP contribution in [0.3, 0.4) is 0 Å². The largest absolute Gasteiger partial charge is 0.372 e. The Labute approximate surface area is 73.0 Å². The van der Waals surface area contributed by atoms with Crippen molar-refractivity contribution in [3.8, 4) is 0 Å². The molecule has 0 radical (unpaired) electrons. The van der Waals surface area contributed by atoms with E-state index < -0.39 is 5.72 Å². The lowest BCUT2D eigenvalue weighted by Crippen LogP contribution is -2.41. The van der Waals surface area contributed by atoms with Gasteiger partial charge in [0.25, 0.3) is 0 Å². The fraction of sp³-hybridized carbons (Fsp3) is 0.400. The molecule has 0 amide bonds. The molecular formula is C10H15NO. The summed E-state index contributed by atoms with van der Waals surface area (Å²) < 4.78 is 0. The van der Waals surface area contributed by atoms with Gasteiger partial charge in [-0.15, -0.1) is 0 Å². The number of rotatable bonds is 2. The summed E-state index contributed by atoms with van der Waals surface area (Å²) in [6, 6.07) is 9.31. The van der Waals surface area contributed by atoms with Gasteiger partial charge in [0.1, 0.15) is 5.72 Å². The zero-order valence-corrected chi connectivity index (χ0v) is 7.49. The maximum atomic E-state index is 9.84. The van der Waals surface area contributed by atoms with Crippen LogP contribution in [-0.2, 0) is 5.72 Å². The van der Waals surface area contributed by atoms with E-state index in [-0.39, 0.29) is 5.92 Å². The third kappa shape index (κ3) is 1.65. The van der Waals surface area contributed by atoms with E-state index in [0.717, 1.165) is 5.56 Å². The Hall–Kier alpha value is -0.860. The van der Waals surface area contributed by atoms with Crippen LogP contribution in [0.1, 0.15) is 19.4 Å². The van der Waals surface area contributed by atoms with Crippen molar-refractivity contribution in [2.24, 2.45) is 11.7 Å². The molecule has 1 atom stereocenters. The van der Waals surface area contributed by atoms with Crippen LogP contribution in [0.5, 0.6) is 0 Å². The molecule has 12 heavy (non-hydrogen) atoms. The predicted molar refractivity (Wildman–Crippen MR) is 49.4 cm³/mol. The van der Waals surface area contributed by atoms with Gasteiger partial charge >= 0.3 is 0 Å². The zero-order chi connectivity index (χ0) is 9.19. The second-order valence-corrected chi connectivity index (χ2v) is 3.35. The molecule has 2 nitrogen and oxygen atoms in total. The van der Waals surface area contributed by atoms with E-state index in [0.29, 0.717) is 0 Å². The molecule has 2 heteroatoms. The Kier molecular flexibility index (Phi) is 2.50. The topological polar surface area (TPSA) is 46.2 Å². The van der Waals surface area contributed by atoms with Crippen LogP contribution in [0.4, 0.5) is 0 Å². The summed E-state index contributed by atoms with van der Waals surface area (Å²) in [4.78, 5) is 0. The Morgan fingerprint density at radius 3 is 2.17 bits per heavy atom. The van der Waals surface area contributed by atoms with Crippen molar-refractivity contribution in [1.82, 2.24) is 0 Å². The lowest BCUT2D eigenvalue weighted by molar-refractivity contribution is -0.00394. The smallest absolute Gasteiger partial charge is 0.141 e. The number of hydrogen-bond donors (Lipinski definition) is 2. The van der Waals surface area contributed by atoms with Crippen molar-refractivity contribution in [3.63, 3.8) is 0 Å².